The second-order valence-electron chi connectivity index (χ2n) is 17.8. The molecule has 9 atom stereocenters. The number of carboxylic acid groups (broad SMARTS) is 2. The van der Waals surface area contributed by atoms with Gasteiger partial charge in [-0.2, -0.15) is 0 Å². The van der Waals surface area contributed by atoms with Gasteiger partial charge >= 0.3 is 11.9 Å². The Morgan fingerprint density at radius 2 is 0.986 bits per heavy atom. The molecule has 0 fully saturated rings. The molecule has 26 heteroatoms. The average molecular weight is 1040 g/mol. The van der Waals surface area contributed by atoms with Crippen LogP contribution >= 0.6 is 0 Å². The Balaban J connectivity index is 3.42. The number of amides is 7. The summed E-state index contributed by atoms with van der Waals surface area (Å²) in [6.45, 7) is 3.45. The molecule has 0 bridgehead atoms. The van der Waals surface area contributed by atoms with E-state index in [0.29, 0.717) is 57.1 Å². The highest BCUT2D eigenvalue weighted by Gasteiger charge is 2.35. The van der Waals surface area contributed by atoms with Crippen LogP contribution in [0.2, 0.25) is 0 Å². The van der Waals surface area contributed by atoms with Crippen molar-refractivity contribution < 1.29 is 58.5 Å². The van der Waals surface area contributed by atoms with E-state index in [1.165, 1.54) is 0 Å². The third kappa shape index (κ3) is 26.2. The number of rotatable bonds is 39. The van der Waals surface area contributed by atoms with E-state index in [4.69, 9.17) is 34.4 Å². The Hall–Kier alpha value is -6.48. The number of hydrogen-bond acceptors (Lipinski definition) is 15. The molecular weight excluding hydrogens is 953 g/mol. The molecule has 7 amide bonds. The molecular formula is C47H82N14O12. The fourth-order valence-corrected chi connectivity index (χ4v) is 7.30. The van der Waals surface area contributed by atoms with Crippen molar-refractivity contribution in [2.75, 3.05) is 32.8 Å². The number of aliphatic hydroxyl groups is 1. The van der Waals surface area contributed by atoms with E-state index in [2.05, 4.69) is 42.2 Å². The smallest absolute Gasteiger partial charge is 0.326 e. The lowest BCUT2D eigenvalue weighted by atomic mass is 9.96. The minimum atomic E-state index is -1.70. The lowest BCUT2D eigenvalue weighted by Crippen LogP contribution is -2.61. The lowest BCUT2D eigenvalue weighted by Gasteiger charge is -2.29. The van der Waals surface area contributed by atoms with E-state index >= 15 is 0 Å². The van der Waals surface area contributed by atoms with Crippen molar-refractivity contribution in [2.45, 2.75) is 158 Å². The first-order valence-electron chi connectivity index (χ1n) is 24.9. The zero-order valence-electron chi connectivity index (χ0n) is 42.2. The molecule has 0 aliphatic carbocycles. The predicted octanol–water partition coefficient (Wildman–Crippen LogP) is -3.62. The van der Waals surface area contributed by atoms with Gasteiger partial charge in [-0.15, -0.1) is 0 Å². The standard InChI is InChI=1S/C47H82N14O12/c1-3-28(2)38(45(71)58-34(46(72)73)19-9-12-24-50)61-42(68)32(18-8-11-23-49)56-44(70)36(27-62)60-40(66)31(17-7-10-22-48)55-41(67)33(20-21-37(63)64)57-43(69)35(26-29-14-5-4-6-15-29)59-39(65)30(51)16-13-25-54-47(52)53/h4-6,14-15,28,30-36,38,62H,3,7-13,16-27,48-51H2,1-2H3,(H,55,67)(H,56,70)(H,57,69)(H,58,71)(H,59,65)(H,60,66)(H,61,68)(H,63,64)(H,72,73)(H4,52,53,54)/t28-,30-,31-,32-,33-,34-,35-,36-,38-/m0/s1. The number of nitrogens with one attached hydrogen (secondary N) is 7. The van der Waals surface area contributed by atoms with Gasteiger partial charge in [0.2, 0.25) is 41.4 Å². The van der Waals surface area contributed by atoms with Gasteiger partial charge in [-0.25, -0.2) is 4.79 Å². The number of aliphatic carboxylic acids is 2. The Bertz CT molecular complexity index is 1930. The summed E-state index contributed by atoms with van der Waals surface area (Å²) in [5, 5.41) is 47.4. The number of benzene rings is 1. The quantitative estimate of drug-likeness (QED) is 0.0172. The first-order chi connectivity index (χ1) is 34.7. The van der Waals surface area contributed by atoms with Crippen molar-refractivity contribution in [3.63, 3.8) is 0 Å². The summed E-state index contributed by atoms with van der Waals surface area (Å²) in [6, 6.07) is -2.34. The molecule has 0 unspecified atom stereocenters. The van der Waals surface area contributed by atoms with Crippen LogP contribution in [0, 0.1) is 5.92 Å². The molecule has 0 aromatic heterocycles. The van der Waals surface area contributed by atoms with Gasteiger partial charge < -0.3 is 86.9 Å². The summed E-state index contributed by atoms with van der Waals surface area (Å²) in [7, 11) is 0. The highest BCUT2D eigenvalue weighted by atomic mass is 16.4. The van der Waals surface area contributed by atoms with Gasteiger partial charge in [0.15, 0.2) is 5.96 Å². The van der Waals surface area contributed by atoms with Gasteiger partial charge in [0.05, 0.1) is 12.6 Å². The summed E-state index contributed by atoms with van der Waals surface area (Å²) in [5.41, 5.74) is 34.4. The van der Waals surface area contributed by atoms with E-state index < -0.39 is 127 Å². The second kappa shape index (κ2) is 36.4. The van der Waals surface area contributed by atoms with Crippen molar-refractivity contribution in [1.29, 1.82) is 0 Å². The van der Waals surface area contributed by atoms with E-state index in [1.807, 2.05) is 0 Å². The zero-order chi connectivity index (χ0) is 54.9. The number of carbonyl (C=O) groups excluding carboxylic acids is 7. The highest BCUT2D eigenvalue weighted by Crippen LogP contribution is 2.13. The number of aliphatic hydroxyl groups excluding tert-OH is 1. The third-order valence-corrected chi connectivity index (χ3v) is 11.8. The van der Waals surface area contributed by atoms with Gasteiger partial charge in [0.1, 0.15) is 42.3 Å². The summed E-state index contributed by atoms with van der Waals surface area (Å²) in [4.78, 5) is 124. The number of nitrogens with two attached hydrogens (primary N) is 6. The molecule has 22 N–H and O–H groups in total. The van der Waals surface area contributed by atoms with Crippen LogP contribution in [0.25, 0.3) is 0 Å². The summed E-state index contributed by atoms with van der Waals surface area (Å²) < 4.78 is 0. The molecule has 0 saturated carbocycles. The lowest BCUT2D eigenvalue weighted by molar-refractivity contribution is -0.143. The monoisotopic (exact) mass is 1030 g/mol. The molecule has 26 nitrogen and oxygen atoms in total. The summed E-state index contributed by atoms with van der Waals surface area (Å²) in [6.07, 6.45) is 2.20. The maximum Gasteiger partial charge on any atom is 0.326 e. The van der Waals surface area contributed by atoms with Crippen LogP contribution in [0.3, 0.4) is 0 Å². The molecule has 0 saturated heterocycles. The summed E-state index contributed by atoms with van der Waals surface area (Å²) >= 11 is 0. The molecule has 0 aliphatic heterocycles. The van der Waals surface area contributed by atoms with Gasteiger partial charge in [-0.1, -0.05) is 50.6 Å². The number of hydrogen-bond donors (Lipinski definition) is 16. The Morgan fingerprint density at radius 1 is 0.548 bits per heavy atom. The molecule has 412 valence electrons. The van der Waals surface area contributed by atoms with Gasteiger partial charge in [0.25, 0.3) is 0 Å². The maximum absolute atomic E-state index is 14.0. The van der Waals surface area contributed by atoms with Crippen LogP contribution in [0.4, 0.5) is 0 Å². The maximum atomic E-state index is 14.0. The van der Waals surface area contributed by atoms with Crippen LogP contribution in [0.5, 0.6) is 0 Å². The fourth-order valence-electron chi connectivity index (χ4n) is 7.30. The van der Waals surface area contributed by atoms with Gasteiger partial charge in [0, 0.05) is 19.4 Å². The van der Waals surface area contributed by atoms with E-state index in [0.717, 1.165) is 0 Å². The third-order valence-electron chi connectivity index (χ3n) is 11.8. The Morgan fingerprint density at radius 3 is 1.45 bits per heavy atom. The minimum Gasteiger partial charge on any atom is -0.481 e. The van der Waals surface area contributed by atoms with Crippen LogP contribution in [-0.4, -0.2) is 156 Å². The SMILES string of the molecule is CC[C@H](C)[C@H](NC(=O)[C@H](CCCCN)NC(=O)[C@H](CO)NC(=O)[C@H](CCCCN)NC(=O)[C@H](CCC(=O)O)NC(=O)[C@H](Cc1ccccc1)NC(=O)[C@@H](N)CCCN=C(N)N)C(=O)N[C@@H](CCCCN)C(=O)O. The molecule has 0 heterocycles. The molecule has 73 heavy (non-hydrogen) atoms. The van der Waals surface area contributed by atoms with Gasteiger partial charge in [-0.3, -0.25) is 43.3 Å². The van der Waals surface area contributed by atoms with Crippen LogP contribution in [0.1, 0.15) is 109 Å². The van der Waals surface area contributed by atoms with Crippen molar-refractivity contribution in [1.82, 2.24) is 37.2 Å². The molecule has 0 aliphatic rings. The number of aliphatic imine (C=N–C) groups is 1. The molecule has 0 radical (unpaired) electrons. The number of unbranched alkanes of at least 4 members (excludes halogenated alkanes) is 3. The first-order valence-corrected chi connectivity index (χ1v) is 24.9. The van der Waals surface area contributed by atoms with Crippen LogP contribution < -0.4 is 71.6 Å². The topological polar surface area (TPSA) is 467 Å². The number of nitrogens with zero attached hydrogens (tertiary/aromatic N) is 1. The number of carbonyl (C=O) groups is 9. The van der Waals surface area contributed by atoms with E-state index in [1.54, 1.807) is 44.2 Å². The molecule has 1 aromatic carbocycles. The normalized spacial score (nSPS) is 14.7. The molecule has 0 spiro atoms. The average Bonchev–Trinajstić information content (AvgIpc) is 3.35. The predicted molar refractivity (Wildman–Crippen MR) is 271 cm³/mol. The summed E-state index contributed by atoms with van der Waals surface area (Å²) in [5.74, 6) is -9.32. The Kier molecular flexibility index (Phi) is 32.2. The first kappa shape index (κ1) is 64.5. The molecule has 1 aromatic rings. The largest absolute Gasteiger partial charge is 0.481 e. The minimum absolute atomic E-state index is 0.0111. The van der Waals surface area contributed by atoms with Crippen LogP contribution in [0.15, 0.2) is 35.3 Å². The number of guanidine groups is 1. The van der Waals surface area contributed by atoms with Crippen LogP contribution in [-0.2, 0) is 49.6 Å². The van der Waals surface area contributed by atoms with Crippen molar-refractivity contribution in [2.24, 2.45) is 45.3 Å². The van der Waals surface area contributed by atoms with E-state index in [9.17, 15) is 58.5 Å². The van der Waals surface area contributed by atoms with Crippen molar-refractivity contribution >= 4 is 59.2 Å². The molecule has 1 rings (SSSR count). The Labute approximate surface area is 426 Å². The fraction of sp³-hybridized carbons (Fsp3) is 0.660. The van der Waals surface area contributed by atoms with E-state index in [-0.39, 0.29) is 64.1 Å². The van der Waals surface area contributed by atoms with Crippen molar-refractivity contribution in [3.05, 3.63) is 35.9 Å². The van der Waals surface area contributed by atoms with Crippen molar-refractivity contribution in [3.8, 4) is 0 Å². The number of carboxylic acids is 2. The van der Waals surface area contributed by atoms with Gasteiger partial charge in [-0.05, 0) is 108 Å². The second-order valence-corrected chi connectivity index (χ2v) is 17.8. The zero-order valence-corrected chi connectivity index (χ0v) is 42.2. The highest BCUT2D eigenvalue weighted by molar-refractivity contribution is 5.98.